The topological polar surface area (TPSA) is 95.7 Å². The highest BCUT2D eigenvalue weighted by Gasteiger charge is 2.37. The summed E-state index contributed by atoms with van der Waals surface area (Å²) < 4.78 is 45.8. The number of nitrogens with one attached hydrogen (secondary N) is 1. The van der Waals surface area contributed by atoms with Gasteiger partial charge in [0.25, 0.3) is 5.91 Å². The smallest absolute Gasteiger partial charge is 0.345 e. The molecule has 2 aromatic rings. The molecule has 0 spiro atoms. The fraction of sp³-hybridized carbons (Fsp3) is 0.550. The van der Waals surface area contributed by atoms with Gasteiger partial charge in [0.05, 0.1) is 18.8 Å². The number of nitrogens with zero attached hydrogens (tertiary/aromatic N) is 2. The van der Waals surface area contributed by atoms with Crippen molar-refractivity contribution in [3.05, 3.63) is 41.1 Å². The van der Waals surface area contributed by atoms with E-state index in [1.165, 1.54) is 0 Å². The van der Waals surface area contributed by atoms with Crippen LogP contribution < -0.4 is 10.1 Å². The Hall–Kier alpha value is -2.30. The van der Waals surface area contributed by atoms with Crippen LogP contribution in [0.4, 0.5) is 8.78 Å². The van der Waals surface area contributed by atoms with Gasteiger partial charge in [-0.25, -0.2) is 0 Å². The number of carbonyl (C=O) groups excluding carboxylic acids is 1. The monoisotopic (exact) mass is 457 g/mol. The van der Waals surface area contributed by atoms with Gasteiger partial charge in [0.2, 0.25) is 11.8 Å². The van der Waals surface area contributed by atoms with E-state index >= 15 is 0 Å². The molecule has 1 N–H and O–H groups in total. The Morgan fingerprint density at radius 2 is 1.94 bits per heavy atom. The standard InChI is InChI=1S/C20H22ClF2N3O5/c21-12-1-4-14(5-2-12)28-10-17(27)24-13-3-6-16(29-9-13)19-26-25-18(31-19)11-7-15(8-11)30-20(22)23/h1-2,4-5,11,13,15-16,20H,3,6-10H2,(H,24,27)/t11-,13-,15+,16+/m1/s1. The Morgan fingerprint density at radius 1 is 1.19 bits per heavy atom. The SMILES string of the molecule is O=C(COc1ccc(Cl)cc1)N[C@@H]1CC[C@@H](c2nnc([C@H]3C[C@@H](OC(F)F)C3)o2)OC1. The van der Waals surface area contributed by atoms with Crippen molar-refractivity contribution in [3.8, 4) is 5.75 Å². The lowest BCUT2D eigenvalue weighted by Gasteiger charge is -2.32. The van der Waals surface area contributed by atoms with Gasteiger partial charge >= 0.3 is 6.61 Å². The maximum absolute atomic E-state index is 12.2. The lowest BCUT2D eigenvalue weighted by Crippen LogP contribution is -2.43. The Morgan fingerprint density at radius 3 is 2.61 bits per heavy atom. The van der Waals surface area contributed by atoms with Crippen LogP contribution in [0.25, 0.3) is 0 Å². The number of alkyl halides is 2. The molecule has 0 radical (unpaired) electrons. The molecule has 1 saturated heterocycles. The van der Waals surface area contributed by atoms with Crippen LogP contribution in [-0.2, 0) is 14.3 Å². The molecule has 1 amide bonds. The van der Waals surface area contributed by atoms with E-state index in [0.717, 1.165) is 0 Å². The zero-order valence-electron chi connectivity index (χ0n) is 16.5. The number of benzene rings is 1. The molecule has 168 valence electrons. The van der Waals surface area contributed by atoms with E-state index in [1.807, 2.05) is 0 Å². The highest BCUT2D eigenvalue weighted by atomic mass is 35.5. The minimum Gasteiger partial charge on any atom is -0.484 e. The van der Waals surface area contributed by atoms with Crippen LogP contribution in [0.3, 0.4) is 0 Å². The molecule has 4 rings (SSSR count). The first-order valence-corrected chi connectivity index (χ1v) is 10.4. The molecule has 1 aliphatic carbocycles. The second kappa shape index (κ2) is 9.88. The number of halogens is 3. The third-order valence-corrected chi connectivity index (χ3v) is 5.55. The predicted molar refractivity (Wildman–Crippen MR) is 104 cm³/mol. The Labute approximate surface area is 182 Å². The van der Waals surface area contributed by atoms with E-state index in [4.69, 9.17) is 25.5 Å². The van der Waals surface area contributed by atoms with Crippen molar-refractivity contribution in [2.75, 3.05) is 13.2 Å². The van der Waals surface area contributed by atoms with Crippen molar-refractivity contribution in [2.45, 2.75) is 56.5 Å². The molecule has 2 aliphatic rings. The molecule has 31 heavy (non-hydrogen) atoms. The molecule has 0 unspecified atom stereocenters. The second-order valence-electron chi connectivity index (χ2n) is 7.57. The van der Waals surface area contributed by atoms with Gasteiger partial charge in [-0.05, 0) is 49.9 Å². The molecule has 1 aliphatic heterocycles. The lowest BCUT2D eigenvalue weighted by molar-refractivity contribution is -0.185. The Kier molecular flexibility index (Phi) is 6.99. The number of aromatic nitrogens is 2. The normalized spacial score (nSPS) is 25.8. The van der Waals surface area contributed by atoms with Crippen LogP contribution in [0.1, 0.15) is 49.5 Å². The average Bonchev–Trinajstić information content (AvgIpc) is 3.20. The molecular weight excluding hydrogens is 436 g/mol. The Bertz CT molecular complexity index is 868. The summed E-state index contributed by atoms with van der Waals surface area (Å²) in [5, 5.41) is 11.5. The van der Waals surface area contributed by atoms with Crippen LogP contribution in [0.2, 0.25) is 5.02 Å². The van der Waals surface area contributed by atoms with Crippen LogP contribution >= 0.6 is 11.6 Å². The van der Waals surface area contributed by atoms with Crippen LogP contribution in [0, 0.1) is 0 Å². The van der Waals surface area contributed by atoms with Crippen molar-refractivity contribution >= 4 is 17.5 Å². The fourth-order valence-electron chi connectivity index (χ4n) is 3.57. The van der Waals surface area contributed by atoms with Gasteiger partial charge < -0.3 is 23.9 Å². The van der Waals surface area contributed by atoms with E-state index in [9.17, 15) is 13.6 Å². The zero-order valence-corrected chi connectivity index (χ0v) is 17.3. The summed E-state index contributed by atoms with van der Waals surface area (Å²) >= 11 is 5.81. The van der Waals surface area contributed by atoms with E-state index < -0.39 is 12.7 Å². The second-order valence-corrected chi connectivity index (χ2v) is 8.01. The summed E-state index contributed by atoms with van der Waals surface area (Å²) in [6.07, 6.45) is 1.33. The third-order valence-electron chi connectivity index (χ3n) is 5.30. The average molecular weight is 458 g/mol. The number of ether oxygens (including phenoxy) is 3. The molecule has 0 bridgehead atoms. The maximum atomic E-state index is 12.2. The minimum absolute atomic E-state index is 0.0683. The van der Waals surface area contributed by atoms with Gasteiger partial charge in [-0.2, -0.15) is 8.78 Å². The number of carbonyl (C=O) groups is 1. The molecule has 2 heterocycles. The van der Waals surface area contributed by atoms with Crippen molar-refractivity contribution in [2.24, 2.45) is 0 Å². The van der Waals surface area contributed by atoms with Crippen LogP contribution in [0.5, 0.6) is 5.75 Å². The van der Waals surface area contributed by atoms with Gasteiger partial charge in [0.1, 0.15) is 11.9 Å². The van der Waals surface area contributed by atoms with Crippen LogP contribution in [0.15, 0.2) is 28.7 Å². The zero-order chi connectivity index (χ0) is 21.8. The number of rotatable bonds is 8. The third kappa shape index (κ3) is 5.90. The lowest BCUT2D eigenvalue weighted by atomic mass is 9.82. The molecule has 1 aromatic carbocycles. The first-order chi connectivity index (χ1) is 15.0. The van der Waals surface area contributed by atoms with Crippen LogP contribution in [-0.4, -0.2) is 48.1 Å². The minimum atomic E-state index is -2.77. The number of hydrogen-bond acceptors (Lipinski definition) is 7. The van der Waals surface area contributed by atoms with Gasteiger partial charge in [-0.1, -0.05) is 11.6 Å². The molecule has 2 fully saturated rings. The first-order valence-electron chi connectivity index (χ1n) is 10.0. The molecule has 1 saturated carbocycles. The van der Waals surface area contributed by atoms with Crippen molar-refractivity contribution < 1.29 is 32.2 Å². The van der Waals surface area contributed by atoms with Gasteiger partial charge in [-0.15, -0.1) is 10.2 Å². The summed E-state index contributed by atoms with van der Waals surface area (Å²) in [6.45, 7) is -2.56. The fourth-order valence-corrected chi connectivity index (χ4v) is 3.70. The summed E-state index contributed by atoms with van der Waals surface area (Å²) in [5.41, 5.74) is 0. The molecular formula is C20H22ClF2N3O5. The molecule has 2 atom stereocenters. The maximum Gasteiger partial charge on any atom is 0.345 e. The van der Waals surface area contributed by atoms with Gasteiger partial charge in [-0.3, -0.25) is 4.79 Å². The van der Waals surface area contributed by atoms with E-state index in [-0.39, 0.29) is 30.6 Å². The number of amides is 1. The van der Waals surface area contributed by atoms with Gasteiger partial charge in [0.15, 0.2) is 6.61 Å². The Balaban J connectivity index is 1.17. The molecule has 1 aromatic heterocycles. The highest BCUT2D eigenvalue weighted by Crippen LogP contribution is 2.39. The van der Waals surface area contributed by atoms with Crippen molar-refractivity contribution in [3.63, 3.8) is 0 Å². The highest BCUT2D eigenvalue weighted by molar-refractivity contribution is 6.30. The van der Waals surface area contributed by atoms with E-state index in [2.05, 4.69) is 20.3 Å². The molecule has 11 heteroatoms. The van der Waals surface area contributed by atoms with Crippen molar-refractivity contribution in [1.29, 1.82) is 0 Å². The summed E-state index contributed by atoms with van der Waals surface area (Å²) in [5.74, 6) is 1.03. The van der Waals surface area contributed by atoms with E-state index in [1.54, 1.807) is 24.3 Å². The predicted octanol–water partition coefficient (Wildman–Crippen LogP) is 3.62. The largest absolute Gasteiger partial charge is 0.484 e. The number of hydrogen-bond donors (Lipinski definition) is 1. The quantitative estimate of drug-likeness (QED) is 0.646. The molecule has 8 nitrogen and oxygen atoms in total. The van der Waals surface area contributed by atoms with Crippen molar-refractivity contribution in [1.82, 2.24) is 15.5 Å². The summed E-state index contributed by atoms with van der Waals surface area (Å²) in [4.78, 5) is 12.1. The first kappa shape index (κ1) is 21.9. The summed E-state index contributed by atoms with van der Waals surface area (Å²) in [7, 11) is 0. The van der Waals surface area contributed by atoms with Gasteiger partial charge in [0, 0.05) is 10.9 Å². The van der Waals surface area contributed by atoms with E-state index in [0.29, 0.717) is 54.8 Å². The summed E-state index contributed by atoms with van der Waals surface area (Å²) in [6, 6.07) is 6.62.